The summed E-state index contributed by atoms with van der Waals surface area (Å²) >= 11 is 2.09. The normalized spacial score (nSPS) is 41.4. The van der Waals surface area contributed by atoms with Gasteiger partial charge in [0, 0.05) is 36.7 Å². The molecule has 0 aromatic carbocycles. The maximum atomic E-state index is 5.92. The third-order valence-corrected chi connectivity index (χ3v) is 5.25. The van der Waals surface area contributed by atoms with Gasteiger partial charge in [0.1, 0.15) is 0 Å². The van der Waals surface area contributed by atoms with Crippen molar-refractivity contribution >= 4 is 11.8 Å². The lowest BCUT2D eigenvalue weighted by Gasteiger charge is -2.38. The smallest absolute Gasteiger partial charge is 0.0707 e. The molecule has 0 spiro atoms. The minimum Gasteiger partial charge on any atom is -0.372 e. The number of hydrogen-bond donors (Lipinski definition) is 1. The van der Waals surface area contributed by atoms with Gasteiger partial charge in [0.2, 0.25) is 0 Å². The summed E-state index contributed by atoms with van der Waals surface area (Å²) in [6.07, 6.45) is 3.07. The number of rotatable bonds is 3. The molecular weight excluding hydrogens is 220 g/mol. The van der Waals surface area contributed by atoms with Crippen LogP contribution in [0.25, 0.3) is 0 Å². The molecule has 0 aliphatic carbocycles. The number of nitrogens with two attached hydrogens (primary N) is 1. The molecule has 0 aromatic rings. The van der Waals surface area contributed by atoms with Crippen LogP contribution in [0.1, 0.15) is 26.7 Å². The van der Waals surface area contributed by atoms with E-state index in [0.29, 0.717) is 24.8 Å². The van der Waals surface area contributed by atoms with Crippen molar-refractivity contribution < 1.29 is 4.74 Å². The van der Waals surface area contributed by atoms with Crippen molar-refractivity contribution in [1.82, 2.24) is 4.90 Å². The van der Waals surface area contributed by atoms with Gasteiger partial charge in [-0.25, -0.2) is 0 Å². The van der Waals surface area contributed by atoms with E-state index in [9.17, 15) is 0 Å². The Morgan fingerprint density at radius 1 is 1.31 bits per heavy atom. The van der Waals surface area contributed by atoms with Gasteiger partial charge in [-0.05, 0) is 19.8 Å². The highest BCUT2D eigenvalue weighted by molar-refractivity contribution is 8.00. The highest BCUT2D eigenvalue weighted by atomic mass is 32.2. The Labute approximate surface area is 103 Å². The highest BCUT2D eigenvalue weighted by Crippen LogP contribution is 2.27. The maximum Gasteiger partial charge on any atom is 0.0707 e. The largest absolute Gasteiger partial charge is 0.372 e. The van der Waals surface area contributed by atoms with Crippen LogP contribution in [-0.4, -0.2) is 53.8 Å². The van der Waals surface area contributed by atoms with Crippen LogP contribution in [0.5, 0.6) is 0 Å². The lowest BCUT2D eigenvalue weighted by atomic mass is 10.1. The second kappa shape index (κ2) is 5.71. The quantitative estimate of drug-likeness (QED) is 0.812. The molecule has 4 heteroatoms. The molecule has 0 saturated carbocycles. The van der Waals surface area contributed by atoms with E-state index in [0.717, 1.165) is 18.2 Å². The minimum atomic E-state index is 0.317. The Kier molecular flexibility index (Phi) is 4.53. The zero-order valence-electron chi connectivity index (χ0n) is 10.4. The lowest BCUT2D eigenvalue weighted by Crippen LogP contribution is -2.47. The SMILES string of the molecule is CC1SCCN(CC2CCC(CN)O2)C1C. The Morgan fingerprint density at radius 2 is 2.06 bits per heavy atom. The molecule has 2 aliphatic rings. The molecule has 16 heavy (non-hydrogen) atoms. The average molecular weight is 244 g/mol. The summed E-state index contributed by atoms with van der Waals surface area (Å²) in [5, 5.41) is 0.750. The fourth-order valence-corrected chi connectivity index (χ4v) is 3.76. The van der Waals surface area contributed by atoms with E-state index >= 15 is 0 Å². The molecule has 0 bridgehead atoms. The molecule has 94 valence electrons. The molecule has 4 unspecified atom stereocenters. The van der Waals surface area contributed by atoms with Gasteiger partial charge in [-0.1, -0.05) is 6.92 Å². The fraction of sp³-hybridized carbons (Fsp3) is 1.00. The van der Waals surface area contributed by atoms with Crippen LogP contribution in [0.15, 0.2) is 0 Å². The van der Waals surface area contributed by atoms with Crippen molar-refractivity contribution in [2.45, 2.75) is 50.2 Å². The van der Waals surface area contributed by atoms with E-state index in [1.54, 1.807) is 0 Å². The third-order valence-electron chi connectivity index (χ3n) is 3.91. The maximum absolute atomic E-state index is 5.92. The Hall–Kier alpha value is 0.230. The summed E-state index contributed by atoms with van der Waals surface area (Å²) in [6, 6.07) is 0.680. The molecular formula is C12H24N2OS. The number of nitrogens with zero attached hydrogens (tertiary/aromatic N) is 1. The van der Waals surface area contributed by atoms with E-state index in [1.165, 1.54) is 18.7 Å². The van der Waals surface area contributed by atoms with Gasteiger partial charge >= 0.3 is 0 Å². The summed E-state index contributed by atoms with van der Waals surface area (Å²) in [6.45, 7) is 7.66. The monoisotopic (exact) mass is 244 g/mol. The molecule has 0 aromatic heterocycles. The first kappa shape index (κ1) is 12.7. The highest BCUT2D eigenvalue weighted by Gasteiger charge is 2.30. The zero-order chi connectivity index (χ0) is 11.5. The summed E-state index contributed by atoms with van der Waals surface area (Å²) in [5.74, 6) is 1.26. The van der Waals surface area contributed by atoms with Crippen LogP contribution >= 0.6 is 11.8 Å². The van der Waals surface area contributed by atoms with Gasteiger partial charge in [-0.3, -0.25) is 4.90 Å². The van der Waals surface area contributed by atoms with Gasteiger partial charge in [0.15, 0.2) is 0 Å². The predicted octanol–water partition coefficient (Wildman–Crippen LogP) is 1.32. The van der Waals surface area contributed by atoms with Crippen molar-refractivity contribution in [2.24, 2.45) is 5.73 Å². The molecule has 0 radical (unpaired) electrons. The molecule has 2 saturated heterocycles. The predicted molar refractivity (Wildman–Crippen MR) is 69.9 cm³/mol. The first-order valence-electron chi connectivity index (χ1n) is 6.42. The summed E-state index contributed by atoms with van der Waals surface area (Å²) in [7, 11) is 0. The van der Waals surface area contributed by atoms with E-state index in [1.807, 2.05) is 0 Å². The van der Waals surface area contributed by atoms with Crippen LogP contribution in [0.3, 0.4) is 0 Å². The zero-order valence-corrected chi connectivity index (χ0v) is 11.2. The molecule has 4 atom stereocenters. The molecule has 2 N–H and O–H groups in total. The second-order valence-corrected chi connectivity index (χ2v) is 6.49. The van der Waals surface area contributed by atoms with Gasteiger partial charge in [-0.15, -0.1) is 0 Å². The van der Waals surface area contributed by atoms with Gasteiger partial charge < -0.3 is 10.5 Å². The van der Waals surface area contributed by atoms with Crippen molar-refractivity contribution in [3.05, 3.63) is 0 Å². The summed E-state index contributed by atoms with van der Waals surface area (Å²) in [4.78, 5) is 2.59. The topological polar surface area (TPSA) is 38.5 Å². The van der Waals surface area contributed by atoms with Crippen molar-refractivity contribution in [3.8, 4) is 0 Å². The number of thioether (sulfide) groups is 1. The summed E-state index contributed by atoms with van der Waals surface area (Å²) < 4.78 is 5.92. The van der Waals surface area contributed by atoms with Gasteiger partial charge in [-0.2, -0.15) is 11.8 Å². The minimum absolute atomic E-state index is 0.317. The van der Waals surface area contributed by atoms with Crippen LogP contribution in [0.4, 0.5) is 0 Å². The standard InChI is InChI=1S/C12H24N2OS/c1-9-10(2)16-6-5-14(9)8-12-4-3-11(7-13)15-12/h9-12H,3-8,13H2,1-2H3. The average Bonchev–Trinajstić information content (AvgIpc) is 2.73. The van der Waals surface area contributed by atoms with Gasteiger partial charge in [0.05, 0.1) is 12.2 Å². The van der Waals surface area contributed by atoms with Crippen molar-refractivity contribution in [1.29, 1.82) is 0 Å². The Morgan fingerprint density at radius 3 is 2.75 bits per heavy atom. The Bertz CT molecular complexity index is 227. The van der Waals surface area contributed by atoms with Crippen molar-refractivity contribution in [3.63, 3.8) is 0 Å². The van der Waals surface area contributed by atoms with E-state index < -0.39 is 0 Å². The molecule has 2 aliphatic heterocycles. The van der Waals surface area contributed by atoms with E-state index in [2.05, 4.69) is 30.5 Å². The molecule has 2 heterocycles. The van der Waals surface area contributed by atoms with Crippen LogP contribution in [-0.2, 0) is 4.74 Å². The Balaban J connectivity index is 1.80. The summed E-state index contributed by atoms with van der Waals surface area (Å²) in [5.41, 5.74) is 5.64. The molecule has 0 amide bonds. The first-order valence-corrected chi connectivity index (χ1v) is 7.46. The molecule has 2 rings (SSSR count). The number of ether oxygens (including phenoxy) is 1. The van der Waals surface area contributed by atoms with Crippen LogP contribution < -0.4 is 5.73 Å². The van der Waals surface area contributed by atoms with E-state index in [4.69, 9.17) is 10.5 Å². The van der Waals surface area contributed by atoms with E-state index in [-0.39, 0.29) is 0 Å². The number of hydrogen-bond acceptors (Lipinski definition) is 4. The van der Waals surface area contributed by atoms with Gasteiger partial charge in [0.25, 0.3) is 0 Å². The molecule has 3 nitrogen and oxygen atoms in total. The second-order valence-electron chi connectivity index (χ2n) is 5.00. The lowest BCUT2D eigenvalue weighted by molar-refractivity contribution is 0.0199. The fourth-order valence-electron chi connectivity index (χ4n) is 2.60. The molecule has 2 fully saturated rings. The van der Waals surface area contributed by atoms with Crippen LogP contribution in [0, 0.1) is 0 Å². The van der Waals surface area contributed by atoms with Crippen LogP contribution in [0.2, 0.25) is 0 Å². The van der Waals surface area contributed by atoms with Crippen molar-refractivity contribution in [2.75, 3.05) is 25.4 Å². The third kappa shape index (κ3) is 2.92. The first-order chi connectivity index (χ1) is 7.70.